The van der Waals surface area contributed by atoms with Crippen molar-refractivity contribution < 1.29 is 3.08 Å². The van der Waals surface area contributed by atoms with Crippen molar-refractivity contribution in [2.45, 2.75) is 13.8 Å². The van der Waals surface area contributed by atoms with E-state index in [0.29, 0.717) is 0 Å². The first-order valence-electron chi connectivity index (χ1n) is 5.35. The molecule has 0 fully saturated rings. The molecule has 0 saturated carbocycles. The summed E-state index contributed by atoms with van der Waals surface area (Å²) in [7, 11) is 0. The van der Waals surface area contributed by atoms with Crippen molar-refractivity contribution in [1.82, 2.24) is 0 Å². The predicted molar refractivity (Wildman–Crippen MR) is 68.1 cm³/mol. The first-order valence-corrected chi connectivity index (χ1v) is 9.37. The van der Waals surface area contributed by atoms with Gasteiger partial charge in [0, 0.05) is 0 Å². The van der Waals surface area contributed by atoms with E-state index in [0.717, 1.165) is 7.16 Å². The van der Waals surface area contributed by atoms with Gasteiger partial charge < -0.3 is 0 Å². The van der Waals surface area contributed by atoms with Crippen molar-refractivity contribution in [2.24, 2.45) is 0 Å². The number of rotatable bonds is 2. The third kappa shape index (κ3) is 2.58. The average Bonchev–Trinajstić information content (AvgIpc) is 2.30. The second kappa shape index (κ2) is 4.91. The molecular weight excluding hydrogens is 303 g/mol. The molecule has 0 amide bonds. The third-order valence-corrected chi connectivity index (χ3v) is 7.52. The first kappa shape index (κ1) is 11.5. The Bertz CT molecular complexity index is 450. The van der Waals surface area contributed by atoms with Crippen molar-refractivity contribution >= 4 is 26.9 Å². The predicted octanol–water partition coefficient (Wildman–Crippen LogP) is 1.84. The fraction of sp³-hybridized carbons (Fsp3) is 0.143. The van der Waals surface area contributed by atoms with Gasteiger partial charge in [-0.25, -0.2) is 0 Å². The van der Waals surface area contributed by atoms with Gasteiger partial charge in [0.15, 0.2) is 0 Å². The molecule has 0 bridgehead atoms. The van der Waals surface area contributed by atoms with Crippen molar-refractivity contribution in [3.05, 3.63) is 59.7 Å². The zero-order chi connectivity index (χ0) is 11.5. The van der Waals surface area contributed by atoms with Gasteiger partial charge in [-0.1, -0.05) is 0 Å². The maximum atomic E-state index is 12.3. The summed E-state index contributed by atoms with van der Waals surface area (Å²) < 4.78 is 14.4. The fourth-order valence-electron chi connectivity index (χ4n) is 1.58. The summed E-state index contributed by atoms with van der Waals surface area (Å²) in [6.07, 6.45) is 0. The Balaban J connectivity index is 2.32. The van der Waals surface area contributed by atoms with E-state index in [2.05, 4.69) is 0 Å². The van der Waals surface area contributed by atoms with Crippen molar-refractivity contribution in [3.63, 3.8) is 0 Å². The van der Waals surface area contributed by atoms with Crippen LogP contribution in [0.2, 0.25) is 0 Å². The van der Waals surface area contributed by atoms with Gasteiger partial charge in [0.2, 0.25) is 0 Å². The van der Waals surface area contributed by atoms with Gasteiger partial charge in [-0.2, -0.15) is 0 Å². The third-order valence-electron chi connectivity index (χ3n) is 2.63. The topological polar surface area (TPSA) is 17.1 Å². The van der Waals surface area contributed by atoms with Crippen molar-refractivity contribution in [3.8, 4) is 0 Å². The molecule has 0 heterocycles. The SMILES string of the molecule is Cc1cc[c]([Sn](=[O])[c]2ccc(C)cc2)cc1. The summed E-state index contributed by atoms with van der Waals surface area (Å²) in [4.78, 5) is 0. The summed E-state index contributed by atoms with van der Waals surface area (Å²) in [5.41, 5.74) is 2.42. The minimum atomic E-state index is -2.81. The first-order chi connectivity index (χ1) is 7.66. The molecule has 0 aliphatic heterocycles. The van der Waals surface area contributed by atoms with Crippen LogP contribution in [0.15, 0.2) is 48.5 Å². The molecule has 0 atom stereocenters. The molecule has 0 spiro atoms. The molecule has 0 N–H and O–H groups in total. The van der Waals surface area contributed by atoms with E-state index in [4.69, 9.17) is 0 Å². The fourth-order valence-corrected chi connectivity index (χ4v) is 5.21. The van der Waals surface area contributed by atoms with Gasteiger partial charge in [-0.3, -0.25) is 0 Å². The van der Waals surface area contributed by atoms with E-state index in [1.807, 2.05) is 62.4 Å². The van der Waals surface area contributed by atoms with Crippen LogP contribution < -0.4 is 7.16 Å². The second-order valence-corrected chi connectivity index (χ2v) is 9.24. The Morgan fingerprint density at radius 3 is 1.31 bits per heavy atom. The molecule has 2 aromatic carbocycles. The van der Waals surface area contributed by atoms with Crippen molar-refractivity contribution in [2.75, 3.05) is 0 Å². The number of benzene rings is 2. The second-order valence-electron chi connectivity index (χ2n) is 4.06. The molecule has 0 aliphatic carbocycles. The molecule has 0 saturated heterocycles. The quantitative estimate of drug-likeness (QED) is 0.773. The van der Waals surface area contributed by atoms with Crippen LogP contribution >= 0.6 is 0 Å². The van der Waals surface area contributed by atoms with Gasteiger partial charge >= 0.3 is 103 Å². The molecular formula is C14H14OSn. The Hall–Kier alpha value is -0.961. The van der Waals surface area contributed by atoms with Crippen molar-refractivity contribution in [1.29, 1.82) is 0 Å². The molecule has 2 rings (SSSR count). The molecule has 80 valence electrons. The van der Waals surface area contributed by atoms with Crippen LogP contribution in [0.1, 0.15) is 11.1 Å². The van der Waals surface area contributed by atoms with Gasteiger partial charge in [-0.05, 0) is 0 Å². The Labute approximate surface area is 103 Å². The Morgan fingerprint density at radius 2 is 1.00 bits per heavy atom. The van der Waals surface area contributed by atoms with E-state index >= 15 is 0 Å². The van der Waals surface area contributed by atoms with Crippen LogP contribution in [0.4, 0.5) is 0 Å². The summed E-state index contributed by atoms with van der Waals surface area (Å²) >= 11 is -2.81. The van der Waals surface area contributed by atoms with E-state index < -0.39 is 19.7 Å². The molecule has 0 aliphatic rings. The van der Waals surface area contributed by atoms with Crippen LogP contribution in [0.25, 0.3) is 0 Å². The van der Waals surface area contributed by atoms with Gasteiger partial charge in [0.25, 0.3) is 0 Å². The maximum absolute atomic E-state index is 12.3. The molecule has 0 unspecified atom stereocenters. The van der Waals surface area contributed by atoms with E-state index in [1.165, 1.54) is 11.1 Å². The molecule has 2 aromatic rings. The van der Waals surface area contributed by atoms with E-state index in [-0.39, 0.29) is 0 Å². The van der Waals surface area contributed by atoms with Crippen LogP contribution in [-0.4, -0.2) is 19.7 Å². The summed E-state index contributed by atoms with van der Waals surface area (Å²) in [5.74, 6) is 0. The summed E-state index contributed by atoms with van der Waals surface area (Å²) in [6.45, 7) is 4.09. The standard InChI is InChI=1S/2C7H7.O.Sn/c2*1-7-5-3-2-4-6-7;;/h2*3-6H,1H3;;. The average molecular weight is 317 g/mol. The molecule has 1 nitrogen and oxygen atoms in total. The van der Waals surface area contributed by atoms with Gasteiger partial charge in [0.1, 0.15) is 0 Å². The normalized spacial score (nSPS) is 10.1. The summed E-state index contributed by atoms with van der Waals surface area (Å²) in [6, 6.07) is 16.1. The van der Waals surface area contributed by atoms with Gasteiger partial charge in [0.05, 0.1) is 0 Å². The zero-order valence-electron chi connectivity index (χ0n) is 9.53. The van der Waals surface area contributed by atoms with Crippen LogP contribution in [0.3, 0.4) is 0 Å². The molecule has 16 heavy (non-hydrogen) atoms. The zero-order valence-corrected chi connectivity index (χ0v) is 12.4. The van der Waals surface area contributed by atoms with Gasteiger partial charge in [-0.15, -0.1) is 0 Å². The van der Waals surface area contributed by atoms with Crippen LogP contribution in [0.5, 0.6) is 0 Å². The van der Waals surface area contributed by atoms with E-state index in [9.17, 15) is 3.08 Å². The Morgan fingerprint density at radius 1 is 0.688 bits per heavy atom. The Kier molecular flexibility index (Phi) is 3.54. The number of aryl methyl sites for hydroxylation is 2. The van der Waals surface area contributed by atoms with Crippen LogP contribution in [-0.2, 0) is 3.08 Å². The molecule has 2 heteroatoms. The summed E-state index contributed by atoms with van der Waals surface area (Å²) in [5, 5.41) is 0. The number of hydrogen-bond donors (Lipinski definition) is 0. The number of hydrogen-bond acceptors (Lipinski definition) is 1. The van der Waals surface area contributed by atoms with Crippen LogP contribution in [0, 0.1) is 13.8 Å². The monoisotopic (exact) mass is 318 g/mol. The minimum absolute atomic E-state index is 1.02. The van der Waals surface area contributed by atoms with E-state index in [1.54, 1.807) is 0 Å². The molecule has 0 aromatic heterocycles. The molecule has 0 radical (unpaired) electrons.